The minimum absolute atomic E-state index is 0.0382. The summed E-state index contributed by atoms with van der Waals surface area (Å²) in [7, 11) is -0.414. The standard InChI is InChI=1S/C30H49BN2O8/c1-27(2,3)38-24(34)23(33-26(36)37-20-21-15-12-11-13-16-21)22(19-32-25(35)39-28(4,5)6)17-14-18-31-40-29(7,8)30(9,10)41-31/h11-13,15-16,22-23H,14,17-20H2,1-10H3,(H,32,35)(H,33,36)/t22-,23+/m1/s1. The first-order valence-electron chi connectivity index (χ1n) is 14.3. The van der Waals surface area contributed by atoms with Crippen molar-refractivity contribution in [3.8, 4) is 0 Å². The average molecular weight is 577 g/mol. The summed E-state index contributed by atoms with van der Waals surface area (Å²) in [5, 5.41) is 5.45. The number of carbonyl (C=O) groups excluding carboxylic acids is 3. The summed E-state index contributed by atoms with van der Waals surface area (Å²) < 4.78 is 28.7. The molecule has 41 heavy (non-hydrogen) atoms. The Balaban J connectivity index is 2.19. The van der Waals surface area contributed by atoms with Gasteiger partial charge < -0.3 is 34.2 Å². The second-order valence-electron chi connectivity index (χ2n) is 13.5. The van der Waals surface area contributed by atoms with Gasteiger partial charge in [-0.2, -0.15) is 0 Å². The van der Waals surface area contributed by atoms with Gasteiger partial charge in [0, 0.05) is 12.5 Å². The largest absolute Gasteiger partial charge is 0.458 e. The molecule has 2 atom stereocenters. The van der Waals surface area contributed by atoms with E-state index in [-0.39, 0.29) is 13.2 Å². The van der Waals surface area contributed by atoms with Crippen LogP contribution in [0.1, 0.15) is 87.6 Å². The van der Waals surface area contributed by atoms with Crippen LogP contribution in [0.2, 0.25) is 6.32 Å². The fourth-order valence-electron chi connectivity index (χ4n) is 4.17. The lowest BCUT2D eigenvalue weighted by Gasteiger charge is -2.32. The lowest BCUT2D eigenvalue weighted by atomic mass is 9.80. The number of hydrogen-bond acceptors (Lipinski definition) is 8. The number of hydrogen-bond donors (Lipinski definition) is 2. The summed E-state index contributed by atoms with van der Waals surface area (Å²) in [5.41, 5.74) is -1.60. The van der Waals surface area contributed by atoms with Crippen molar-refractivity contribution in [3.05, 3.63) is 35.9 Å². The summed E-state index contributed by atoms with van der Waals surface area (Å²) in [5.74, 6) is -1.16. The molecule has 0 aliphatic carbocycles. The van der Waals surface area contributed by atoms with E-state index in [4.69, 9.17) is 23.5 Å². The fraction of sp³-hybridized carbons (Fsp3) is 0.700. The number of alkyl carbamates (subject to hydrolysis) is 2. The second-order valence-corrected chi connectivity index (χ2v) is 13.5. The van der Waals surface area contributed by atoms with Gasteiger partial charge in [0.1, 0.15) is 23.9 Å². The summed E-state index contributed by atoms with van der Waals surface area (Å²) in [4.78, 5) is 38.7. The maximum atomic E-state index is 13.4. The van der Waals surface area contributed by atoms with Crippen molar-refractivity contribution in [2.24, 2.45) is 5.92 Å². The molecule has 2 N–H and O–H groups in total. The Morgan fingerprint density at radius 2 is 1.44 bits per heavy atom. The van der Waals surface area contributed by atoms with Crippen LogP contribution in [0.25, 0.3) is 0 Å². The third-order valence-electron chi connectivity index (χ3n) is 6.84. The molecule has 11 heteroatoms. The van der Waals surface area contributed by atoms with E-state index in [9.17, 15) is 14.4 Å². The predicted molar refractivity (Wildman–Crippen MR) is 157 cm³/mol. The van der Waals surface area contributed by atoms with E-state index < -0.39 is 59.6 Å². The molecule has 1 aromatic carbocycles. The van der Waals surface area contributed by atoms with Gasteiger partial charge in [0.2, 0.25) is 0 Å². The molecule has 0 unspecified atom stereocenters. The number of ether oxygens (including phenoxy) is 3. The van der Waals surface area contributed by atoms with Crippen LogP contribution in [0.15, 0.2) is 30.3 Å². The van der Waals surface area contributed by atoms with E-state index >= 15 is 0 Å². The molecule has 10 nitrogen and oxygen atoms in total. The molecular weight excluding hydrogens is 527 g/mol. The molecule has 1 aliphatic rings. The Bertz CT molecular complexity index is 1000. The summed E-state index contributed by atoms with van der Waals surface area (Å²) >= 11 is 0. The SMILES string of the molecule is CC(C)(C)OC(=O)NC[C@@H](CCCB1OC(C)(C)C(C)(C)O1)[C@H](NC(=O)OCc1ccccc1)C(=O)OC(C)(C)C. The van der Waals surface area contributed by atoms with Crippen molar-refractivity contribution in [1.29, 1.82) is 0 Å². The third kappa shape index (κ3) is 11.9. The monoisotopic (exact) mass is 576 g/mol. The van der Waals surface area contributed by atoms with Crippen molar-refractivity contribution in [2.75, 3.05) is 6.54 Å². The van der Waals surface area contributed by atoms with Crippen LogP contribution < -0.4 is 10.6 Å². The molecule has 0 radical (unpaired) electrons. The smallest absolute Gasteiger partial charge is 0.457 e. The first-order valence-corrected chi connectivity index (χ1v) is 14.3. The highest BCUT2D eigenvalue weighted by atomic mass is 16.7. The second kappa shape index (κ2) is 13.9. The van der Waals surface area contributed by atoms with Gasteiger partial charge in [-0.3, -0.25) is 0 Å². The molecule has 1 heterocycles. The molecule has 0 spiro atoms. The average Bonchev–Trinajstić information content (AvgIpc) is 3.02. The normalized spacial score (nSPS) is 17.8. The summed E-state index contributed by atoms with van der Waals surface area (Å²) in [6.07, 6.45) is 0.219. The van der Waals surface area contributed by atoms with Crippen LogP contribution >= 0.6 is 0 Å². The molecular formula is C30H49BN2O8. The van der Waals surface area contributed by atoms with Crippen LogP contribution in [0.5, 0.6) is 0 Å². The van der Waals surface area contributed by atoms with Crippen molar-refractivity contribution < 1.29 is 37.9 Å². The Morgan fingerprint density at radius 3 is 1.98 bits per heavy atom. The molecule has 0 saturated carbocycles. The first kappa shape index (κ1) is 34.4. The van der Waals surface area contributed by atoms with E-state index in [1.54, 1.807) is 41.5 Å². The molecule has 1 fully saturated rings. The van der Waals surface area contributed by atoms with Crippen LogP contribution in [0, 0.1) is 5.92 Å². The number of rotatable bonds is 11. The molecule has 0 aromatic heterocycles. The lowest BCUT2D eigenvalue weighted by molar-refractivity contribution is -0.159. The minimum atomic E-state index is -1.09. The lowest BCUT2D eigenvalue weighted by Crippen LogP contribution is -2.51. The van der Waals surface area contributed by atoms with Gasteiger partial charge in [0.25, 0.3) is 0 Å². The van der Waals surface area contributed by atoms with E-state index in [0.29, 0.717) is 19.2 Å². The molecule has 2 amide bonds. The highest BCUT2D eigenvalue weighted by Crippen LogP contribution is 2.38. The Labute approximate surface area is 245 Å². The van der Waals surface area contributed by atoms with Crippen molar-refractivity contribution >= 4 is 25.3 Å². The quantitative estimate of drug-likeness (QED) is 0.197. The van der Waals surface area contributed by atoms with Gasteiger partial charge in [-0.25, -0.2) is 14.4 Å². The fourth-order valence-corrected chi connectivity index (χ4v) is 4.17. The molecule has 1 saturated heterocycles. The number of carbonyl (C=O) groups is 3. The predicted octanol–water partition coefficient (Wildman–Crippen LogP) is 5.64. The van der Waals surface area contributed by atoms with Crippen molar-refractivity contribution in [3.63, 3.8) is 0 Å². The number of nitrogens with one attached hydrogen (secondary N) is 2. The van der Waals surface area contributed by atoms with Crippen LogP contribution in [0.3, 0.4) is 0 Å². The van der Waals surface area contributed by atoms with Gasteiger partial charge in [-0.15, -0.1) is 0 Å². The number of amides is 2. The van der Waals surface area contributed by atoms with Crippen LogP contribution in [0.4, 0.5) is 9.59 Å². The maximum absolute atomic E-state index is 13.4. The van der Waals surface area contributed by atoms with E-state index in [1.165, 1.54) is 0 Å². The molecule has 0 bridgehead atoms. The first-order chi connectivity index (χ1) is 18.8. The summed E-state index contributed by atoms with van der Waals surface area (Å²) in [6, 6.07) is 8.14. The molecule has 230 valence electrons. The van der Waals surface area contributed by atoms with Gasteiger partial charge in [-0.05, 0) is 87.5 Å². The zero-order chi connectivity index (χ0) is 31.1. The third-order valence-corrected chi connectivity index (χ3v) is 6.84. The van der Waals surface area contributed by atoms with E-state index in [0.717, 1.165) is 5.56 Å². The Kier molecular flexibility index (Phi) is 11.7. The van der Waals surface area contributed by atoms with Crippen molar-refractivity contribution in [1.82, 2.24) is 10.6 Å². The molecule has 2 rings (SSSR count). The Hall–Kier alpha value is -2.79. The zero-order valence-electron chi connectivity index (χ0n) is 26.4. The van der Waals surface area contributed by atoms with E-state index in [2.05, 4.69) is 10.6 Å². The van der Waals surface area contributed by atoms with Crippen LogP contribution in [-0.2, 0) is 34.9 Å². The minimum Gasteiger partial charge on any atom is -0.458 e. The van der Waals surface area contributed by atoms with Gasteiger partial charge >= 0.3 is 25.3 Å². The number of esters is 1. The molecule has 1 aromatic rings. The van der Waals surface area contributed by atoms with Gasteiger partial charge in [0.15, 0.2) is 0 Å². The topological polar surface area (TPSA) is 121 Å². The van der Waals surface area contributed by atoms with Crippen molar-refractivity contribution in [2.45, 2.75) is 123 Å². The Morgan fingerprint density at radius 1 is 0.878 bits per heavy atom. The number of benzene rings is 1. The van der Waals surface area contributed by atoms with Gasteiger partial charge in [0.05, 0.1) is 11.2 Å². The van der Waals surface area contributed by atoms with Gasteiger partial charge in [-0.1, -0.05) is 36.8 Å². The maximum Gasteiger partial charge on any atom is 0.457 e. The molecule has 1 aliphatic heterocycles. The van der Waals surface area contributed by atoms with E-state index in [1.807, 2.05) is 58.0 Å². The van der Waals surface area contributed by atoms with Crippen LogP contribution in [-0.4, -0.2) is 60.3 Å². The highest BCUT2D eigenvalue weighted by Gasteiger charge is 2.50. The summed E-state index contributed by atoms with van der Waals surface area (Å²) in [6.45, 7) is 18.6. The highest BCUT2D eigenvalue weighted by molar-refractivity contribution is 6.45. The zero-order valence-corrected chi connectivity index (χ0v) is 26.4.